The number of nitrogens with zero attached hydrogens (tertiary/aromatic N) is 1. The van der Waals surface area contributed by atoms with Gasteiger partial charge in [-0.25, -0.2) is 8.42 Å². The van der Waals surface area contributed by atoms with E-state index in [0.717, 1.165) is 18.2 Å². The third kappa shape index (κ3) is 5.44. The second-order valence-electron chi connectivity index (χ2n) is 7.36. The molecule has 2 aromatic carbocycles. The van der Waals surface area contributed by atoms with Gasteiger partial charge in [0.25, 0.3) is 0 Å². The van der Waals surface area contributed by atoms with Crippen LogP contribution in [-0.4, -0.2) is 33.9 Å². The average Bonchev–Trinajstić information content (AvgIpc) is 3.18. The maximum atomic E-state index is 12.4. The van der Waals surface area contributed by atoms with E-state index in [0.29, 0.717) is 23.6 Å². The van der Waals surface area contributed by atoms with Crippen molar-refractivity contribution >= 4 is 21.6 Å². The molecule has 162 valence electrons. The van der Waals surface area contributed by atoms with Gasteiger partial charge < -0.3 is 14.8 Å². The predicted molar refractivity (Wildman–Crippen MR) is 116 cm³/mol. The first-order valence-corrected chi connectivity index (χ1v) is 11.9. The largest absolute Gasteiger partial charge is 0.454 e. The number of aryl methyl sites for hydroxylation is 1. The van der Waals surface area contributed by atoms with Gasteiger partial charge in [0, 0.05) is 19.0 Å². The number of hydrogen-bond donors (Lipinski definition) is 1. The number of hydrogen-bond acceptors (Lipinski definition) is 5. The zero-order valence-electron chi connectivity index (χ0n) is 17.6. The molecule has 0 saturated heterocycles. The molecule has 1 aliphatic rings. The highest BCUT2D eigenvalue weighted by atomic mass is 32.2. The molecule has 8 heteroatoms. The fraction of sp³-hybridized carbons (Fsp3) is 0.409. The highest BCUT2D eigenvalue weighted by Gasteiger charge is 2.21. The number of sulfonamides is 1. The van der Waals surface area contributed by atoms with Gasteiger partial charge in [-0.3, -0.25) is 9.10 Å². The minimum atomic E-state index is -3.50. The first-order chi connectivity index (χ1) is 14.3. The number of fused-ring (bicyclic) bond motifs is 1. The lowest BCUT2D eigenvalue weighted by atomic mass is 10.0. The van der Waals surface area contributed by atoms with Gasteiger partial charge in [-0.05, 0) is 43.0 Å². The van der Waals surface area contributed by atoms with Crippen molar-refractivity contribution in [1.29, 1.82) is 0 Å². The summed E-state index contributed by atoms with van der Waals surface area (Å²) >= 11 is 0. The van der Waals surface area contributed by atoms with Gasteiger partial charge in [0.15, 0.2) is 11.5 Å². The lowest BCUT2D eigenvalue weighted by Crippen LogP contribution is -2.32. The van der Waals surface area contributed by atoms with Crippen molar-refractivity contribution in [3.63, 3.8) is 0 Å². The summed E-state index contributed by atoms with van der Waals surface area (Å²) in [5, 5.41) is 2.98. The van der Waals surface area contributed by atoms with Gasteiger partial charge in [0.1, 0.15) is 0 Å². The molecule has 0 bridgehead atoms. The Hall–Kier alpha value is -2.74. The smallest absolute Gasteiger partial charge is 0.232 e. The Morgan fingerprint density at radius 3 is 2.50 bits per heavy atom. The molecular weight excluding hydrogens is 404 g/mol. The van der Waals surface area contributed by atoms with Gasteiger partial charge in [0.05, 0.1) is 18.0 Å². The van der Waals surface area contributed by atoms with Crippen molar-refractivity contribution in [3.05, 3.63) is 53.6 Å². The number of benzene rings is 2. The monoisotopic (exact) mass is 432 g/mol. The van der Waals surface area contributed by atoms with Crippen LogP contribution in [0.3, 0.4) is 0 Å². The van der Waals surface area contributed by atoms with Crippen molar-refractivity contribution < 1.29 is 22.7 Å². The summed E-state index contributed by atoms with van der Waals surface area (Å²) < 4.78 is 36.5. The summed E-state index contributed by atoms with van der Waals surface area (Å²) in [6.07, 6.45) is 2.75. The third-order valence-electron chi connectivity index (χ3n) is 5.07. The summed E-state index contributed by atoms with van der Waals surface area (Å²) in [6.45, 7) is 4.36. The number of ether oxygens (including phenoxy) is 2. The molecule has 7 nitrogen and oxygen atoms in total. The van der Waals surface area contributed by atoms with Crippen molar-refractivity contribution in [2.75, 3.05) is 23.9 Å². The van der Waals surface area contributed by atoms with Crippen LogP contribution in [-0.2, 0) is 21.2 Å². The highest BCUT2D eigenvalue weighted by molar-refractivity contribution is 7.92. The Bertz CT molecular complexity index is 989. The Kier molecular flexibility index (Phi) is 6.87. The molecule has 0 spiro atoms. The van der Waals surface area contributed by atoms with Crippen LogP contribution >= 0.6 is 0 Å². The van der Waals surface area contributed by atoms with E-state index in [-0.39, 0.29) is 31.7 Å². The van der Waals surface area contributed by atoms with Crippen LogP contribution in [0, 0.1) is 0 Å². The highest BCUT2D eigenvalue weighted by Crippen LogP contribution is 2.36. The van der Waals surface area contributed by atoms with Crippen molar-refractivity contribution in [3.8, 4) is 11.5 Å². The second kappa shape index (κ2) is 9.38. The Morgan fingerprint density at radius 1 is 1.13 bits per heavy atom. The quantitative estimate of drug-likeness (QED) is 0.656. The fourth-order valence-corrected chi connectivity index (χ4v) is 4.31. The van der Waals surface area contributed by atoms with E-state index < -0.39 is 10.0 Å². The third-order valence-corrected chi connectivity index (χ3v) is 6.27. The molecule has 1 aliphatic heterocycles. The van der Waals surface area contributed by atoms with Crippen LogP contribution in [0.5, 0.6) is 11.5 Å². The molecule has 0 fully saturated rings. The lowest BCUT2D eigenvalue weighted by molar-refractivity contribution is -0.121. The molecule has 2 aromatic rings. The molecule has 0 saturated carbocycles. The topological polar surface area (TPSA) is 84.9 Å². The van der Waals surface area contributed by atoms with E-state index in [4.69, 9.17) is 9.47 Å². The summed E-state index contributed by atoms with van der Waals surface area (Å²) in [7, 11) is -3.50. The van der Waals surface area contributed by atoms with Crippen LogP contribution in [0.2, 0.25) is 0 Å². The van der Waals surface area contributed by atoms with Crippen LogP contribution in [0.15, 0.2) is 42.5 Å². The van der Waals surface area contributed by atoms with Crippen molar-refractivity contribution in [2.45, 2.75) is 39.2 Å². The number of nitrogens with one attached hydrogen (secondary N) is 1. The minimum absolute atomic E-state index is 0.108. The van der Waals surface area contributed by atoms with Gasteiger partial charge >= 0.3 is 0 Å². The maximum Gasteiger partial charge on any atom is 0.232 e. The zero-order chi connectivity index (χ0) is 21.7. The lowest BCUT2D eigenvalue weighted by Gasteiger charge is -2.23. The molecule has 1 N–H and O–H groups in total. The molecule has 1 amide bonds. The Labute approximate surface area is 178 Å². The number of carbonyl (C=O) groups is 1. The molecule has 0 aromatic heterocycles. The molecule has 1 heterocycles. The number of carbonyl (C=O) groups excluding carboxylic acids is 1. The summed E-state index contributed by atoms with van der Waals surface area (Å²) in [6, 6.07) is 13.1. The standard InChI is InChI=1S/C22H28N2O5S/c1-4-17-7-9-18(10-8-17)16(2)23-22(25)6-5-13-24(30(3,26)27)19-11-12-20-21(14-19)29-15-28-20/h7-12,14,16H,4-6,13,15H2,1-3H3,(H,23,25)/t16-/m1/s1. The molecule has 0 unspecified atom stereocenters. The fourth-order valence-electron chi connectivity index (χ4n) is 3.35. The van der Waals surface area contributed by atoms with E-state index in [9.17, 15) is 13.2 Å². The van der Waals surface area contributed by atoms with E-state index >= 15 is 0 Å². The van der Waals surface area contributed by atoms with E-state index in [2.05, 4.69) is 24.4 Å². The number of amides is 1. The van der Waals surface area contributed by atoms with Crippen molar-refractivity contribution in [2.24, 2.45) is 0 Å². The SMILES string of the molecule is CCc1ccc([C@@H](C)NC(=O)CCCN(c2ccc3c(c2)OCO3)S(C)(=O)=O)cc1. The summed E-state index contributed by atoms with van der Waals surface area (Å²) in [4.78, 5) is 12.4. The van der Waals surface area contributed by atoms with Crippen LogP contribution in [0.4, 0.5) is 5.69 Å². The number of anilines is 1. The zero-order valence-corrected chi connectivity index (χ0v) is 18.4. The van der Waals surface area contributed by atoms with Gasteiger partial charge in [-0.1, -0.05) is 31.2 Å². The van der Waals surface area contributed by atoms with Crippen LogP contribution in [0.25, 0.3) is 0 Å². The average molecular weight is 433 g/mol. The Balaban J connectivity index is 1.56. The first kappa shape index (κ1) is 22.0. The minimum Gasteiger partial charge on any atom is -0.454 e. The van der Waals surface area contributed by atoms with E-state index in [1.54, 1.807) is 18.2 Å². The van der Waals surface area contributed by atoms with E-state index in [1.807, 2.05) is 19.1 Å². The van der Waals surface area contributed by atoms with Crippen molar-refractivity contribution in [1.82, 2.24) is 5.32 Å². The first-order valence-electron chi connectivity index (χ1n) is 10.0. The van der Waals surface area contributed by atoms with Gasteiger partial charge in [-0.2, -0.15) is 0 Å². The molecular formula is C22H28N2O5S. The summed E-state index contributed by atoms with van der Waals surface area (Å²) in [5.74, 6) is 0.996. The molecule has 3 rings (SSSR count). The Morgan fingerprint density at radius 2 is 1.83 bits per heavy atom. The van der Waals surface area contributed by atoms with Gasteiger partial charge in [-0.15, -0.1) is 0 Å². The van der Waals surface area contributed by atoms with Crippen LogP contribution in [0.1, 0.15) is 43.9 Å². The summed E-state index contributed by atoms with van der Waals surface area (Å²) in [5.41, 5.74) is 2.78. The molecule has 0 radical (unpaired) electrons. The molecule has 0 aliphatic carbocycles. The van der Waals surface area contributed by atoms with Gasteiger partial charge in [0.2, 0.25) is 22.7 Å². The maximum absolute atomic E-state index is 12.4. The molecule has 1 atom stereocenters. The molecule has 30 heavy (non-hydrogen) atoms. The normalized spacial score (nSPS) is 13.7. The second-order valence-corrected chi connectivity index (χ2v) is 9.27. The predicted octanol–water partition coefficient (Wildman–Crippen LogP) is 3.40. The van der Waals surface area contributed by atoms with E-state index in [1.165, 1.54) is 9.87 Å². The van der Waals surface area contributed by atoms with Crippen LogP contribution < -0.4 is 19.1 Å². The number of rotatable bonds is 9.